The summed E-state index contributed by atoms with van der Waals surface area (Å²) < 4.78 is 6.56. The molecule has 2 aromatic carbocycles. The minimum atomic E-state index is -0.293. The summed E-state index contributed by atoms with van der Waals surface area (Å²) in [6.07, 6.45) is 0. The van der Waals surface area contributed by atoms with E-state index in [0.29, 0.717) is 5.75 Å². The summed E-state index contributed by atoms with van der Waals surface area (Å²) in [5, 5.41) is 6.31. The van der Waals surface area contributed by atoms with Crippen LogP contribution in [-0.4, -0.2) is 18.2 Å². The molecule has 0 bridgehead atoms. The van der Waals surface area contributed by atoms with Crippen molar-refractivity contribution in [2.45, 2.75) is 6.92 Å². The first-order valence-corrected chi connectivity index (χ1v) is 8.93. The third kappa shape index (κ3) is 4.21. The van der Waals surface area contributed by atoms with Gasteiger partial charge in [-0.15, -0.1) is 11.3 Å². The maximum Gasteiger partial charge on any atom is 0.277 e. The molecule has 0 spiro atoms. The molecule has 3 rings (SSSR count). The summed E-state index contributed by atoms with van der Waals surface area (Å²) in [7, 11) is 0. The molecule has 6 heteroatoms. The molecule has 3 aromatic rings. The number of nitrogens with one attached hydrogen (secondary N) is 1. The Morgan fingerprint density at radius 2 is 1.96 bits per heavy atom. The Labute approximate surface area is 152 Å². The molecule has 0 aliphatic carbocycles. The average Bonchev–Trinajstić information content (AvgIpc) is 3.04. The Bertz CT molecular complexity index is 905. The molecule has 0 saturated carbocycles. The van der Waals surface area contributed by atoms with E-state index in [1.807, 2.05) is 61.5 Å². The van der Waals surface area contributed by atoms with Crippen molar-refractivity contribution in [1.82, 2.24) is 5.43 Å². The largest absolute Gasteiger partial charge is 0.484 e. The number of thiophene rings is 1. The van der Waals surface area contributed by atoms with Crippen LogP contribution in [0, 0.1) is 0 Å². The molecule has 24 heavy (non-hydrogen) atoms. The van der Waals surface area contributed by atoms with Crippen LogP contribution in [0.1, 0.15) is 11.8 Å². The number of rotatable bonds is 5. The lowest BCUT2D eigenvalue weighted by atomic mass is 10.1. The predicted octanol–water partition coefficient (Wildman–Crippen LogP) is 4.58. The Balaban J connectivity index is 1.56. The second-order valence-electron chi connectivity index (χ2n) is 5.13. The number of hydrazone groups is 1. The smallest absolute Gasteiger partial charge is 0.277 e. The number of nitrogens with zero attached hydrogens (tertiary/aromatic N) is 1. The van der Waals surface area contributed by atoms with Crippen LogP contribution in [0.25, 0.3) is 10.8 Å². The summed E-state index contributed by atoms with van der Waals surface area (Å²) in [5.74, 6) is 0.366. The number of hydrogen-bond acceptors (Lipinski definition) is 4. The third-order valence-corrected chi connectivity index (χ3v) is 5.10. The second-order valence-corrected chi connectivity index (χ2v) is 7.60. The third-order valence-electron chi connectivity index (χ3n) is 3.37. The van der Waals surface area contributed by atoms with Crippen LogP contribution in [0.2, 0.25) is 0 Å². The van der Waals surface area contributed by atoms with Gasteiger partial charge in [-0.25, -0.2) is 5.43 Å². The fourth-order valence-corrected chi connectivity index (χ4v) is 3.48. The summed E-state index contributed by atoms with van der Waals surface area (Å²) in [4.78, 5) is 12.9. The van der Waals surface area contributed by atoms with Crippen LogP contribution in [0.3, 0.4) is 0 Å². The molecule has 1 N–H and O–H groups in total. The number of halogens is 1. The topological polar surface area (TPSA) is 50.7 Å². The maximum atomic E-state index is 11.9. The molecule has 1 amide bonds. The number of carbonyl (C=O) groups excluding carboxylic acids is 1. The van der Waals surface area contributed by atoms with E-state index in [1.54, 1.807) is 11.3 Å². The Hall–Kier alpha value is -2.18. The van der Waals surface area contributed by atoms with Crippen molar-refractivity contribution in [1.29, 1.82) is 0 Å². The highest BCUT2D eigenvalue weighted by molar-refractivity contribution is 9.11. The highest BCUT2D eigenvalue weighted by Crippen LogP contribution is 2.22. The van der Waals surface area contributed by atoms with E-state index in [-0.39, 0.29) is 12.5 Å². The van der Waals surface area contributed by atoms with Crippen molar-refractivity contribution in [3.63, 3.8) is 0 Å². The van der Waals surface area contributed by atoms with Gasteiger partial charge in [0.15, 0.2) is 6.61 Å². The van der Waals surface area contributed by atoms with Gasteiger partial charge in [-0.1, -0.05) is 30.3 Å². The second kappa shape index (κ2) is 7.59. The van der Waals surface area contributed by atoms with Gasteiger partial charge < -0.3 is 4.74 Å². The molecule has 1 aromatic heterocycles. The first kappa shape index (κ1) is 16.7. The number of fused-ring (bicyclic) bond motifs is 1. The van der Waals surface area contributed by atoms with E-state index in [9.17, 15) is 4.79 Å². The predicted molar refractivity (Wildman–Crippen MR) is 102 cm³/mol. The first-order valence-electron chi connectivity index (χ1n) is 7.32. The van der Waals surface area contributed by atoms with E-state index >= 15 is 0 Å². The van der Waals surface area contributed by atoms with Gasteiger partial charge in [-0.3, -0.25) is 4.79 Å². The molecule has 0 saturated heterocycles. The van der Waals surface area contributed by atoms with Crippen molar-refractivity contribution in [3.05, 3.63) is 63.3 Å². The van der Waals surface area contributed by atoms with Gasteiger partial charge in [0.05, 0.1) is 14.4 Å². The summed E-state index contributed by atoms with van der Waals surface area (Å²) >= 11 is 4.97. The fraction of sp³-hybridized carbons (Fsp3) is 0.111. The van der Waals surface area contributed by atoms with E-state index in [2.05, 4.69) is 26.5 Å². The van der Waals surface area contributed by atoms with Crippen molar-refractivity contribution in [2.24, 2.45) is 5.10 Å². The van der Waals surface area contributed by atoms with Gasteiger partial charge in [0.1, 0.15) is 5.75 Å². The average molecular weight is 403 g/mol. The molecule has 0 aliphatic heterocycles. The van der Waals surface area contributed by atoms with Crippen molar-refractivity contribution in [3.8, 4) is 5.75 Å². The summed E-state index contributed by atoms with van der Waals surface area (Å²) in [6.45, 7) is 1.77. The molecule has 4 nitrogen and oxygen atoms in total. The zero-order valence-corrected chi connectivity index (χ0v) is 15.4. The highest BCUT2D eigenvalue weighted by Gasteiger charge is 2.05. The van der Waals surface area contributed by atoms with E-state index in [4.69, 9.17) is 4.74 Å². The normalized spacial score (nSPS) is 11.5. The molecule has 0 atom stereocenters. The van der Waals surface area contributed by atoms with Crippen LogP contribution in [0.4, 0.5) is 0 Å². The van der Waals surface area contributed by atoms with Crippen molar-refractivity contribution in [2.75, 3.05) is 6.61 Å². The molecule has 0 aliphatic rings. The van der Waals surface area contributed by atoms with Gasteiger partial charge in [0.25, 0.3) is 5.91 Å². The maximum absolute atomic E-state index is 11.9. The zero-order valence-electron chi connectivity index (χ0n) is 13.0. The molecular weight excluding hydrogens is 388 g/mol. The number of ether oxygens (including phenoxy) is 1. The van der Waals surface area contributed by atoms with Gasteiger partial charge in [0.2, 0.25) is 0 Å². The molecule has 0 radical (unpaired) electrons. The Morgan fingerprint density at radius 1 is 1.17 bits per heavy atom. The van der Waals surface area contributed by atoms with Crippen LogP contribution < -0.4 is 10.2 Å². The number of hydrogen-bond donors (Lipinski definition) is 1. The number of carbonyl (C=O) groups is 1. The highest BCUT2D eigenvalue weighted by atomic mass is 79.9. The van der Waals surface area contributed by atoms with Gasteiger partial charge >= 0.3 is 0 Å². The van der Waals surface area contributed by atoms with Crippen LogP contribution in [0.5, 0.6) is 5.75 Å². The van der Waals surface area contributed by atoms with Crippen LogP contribution >= 0.6 is 27.3 Å². The number of amides is 1. The zero-order chi connectivity index (χ0) is 16.9. The standard InChI is InChI=1S/C18H15BrN2O2S/c1-12(16-8-9-17(19)24-16)20-21-18(22)11-23-15-7-6-13-4-2-3-5-14(13)10-15/h2-10H,11H2,1H3,(H,21,22)/b20-12-. The Morgan fingerprint density at radius 3 is 2.71 bits per heavy atom. The lowest BCUT2D eigenvalue weighted by Gasteiger charge is -2.06. The van der Waals surface area contributed by atoms with Crippen molar-refractivity contribution < 1.29 is 9.53 Å². The van der Waals surface area contributed by atoms with Crippen LogP contribution in [-0.2, 0) is 4.79 Å². The lowest BCUT2D eigenvalue weighted by Crippen LogP contribution is -2.25. The van der Waals surface area contributed by atoms with Gasteiger partial charge in [-0.05, 0) is 57.9 Å². The van der Waals surface area contributed by atoms with Gasteiger partial charge in [-0.2, -0.15) is 5.10 Å². The van der Waals surface area contributed by atoms with E-state index < -0.39 is 0 Å². The van der Waals surface area contributed by atoms with Crippen molar-refractivity contribution >= 4 is 49.7 Å². The van der Waals surface area contributed by atoms with E-state index in [0.717, 1.165) is 25.1 Å². The molecule has 122 valence electrons. The fourth-order valence-electron chi connectivity index (χ4n) is 2.15. The molecule has 0 fully saturated rings. The minimum Gasteiger partial charge on any atom is -0.484 e. The molecule has 1 heterocycles. The first-order chi connectivity index (χ1) is 11.6. The minimum absolute atomic E-state index is 0.0801. The SMILES string of the molecule is C/C(=N/NC(=O)COc1ccc2ccccc2c1)c1ccc(Br)s1. The van der Waals surface area contributed by atoms with Gasteiger partial charge in [0, 0.05) is 0 Å². The molecular formula is C18H15BrN2O2S. The Kier molecular flexibility index (Phi) is 5.27. The quantitative estimate of drug-likeness (QED) is 0.501. The van der Waals surface area contributed by atoms with E-state index in [1.165, 1.54) is 0 Å². The number of benzene rings is 2. The summed E-state index contributed by atoms with van der Waals surface area (Å²) in [5.41, 5.74) is 3.27. The summed E-state index contributed by atoms with van der Waals surface area (Å²) in [6, 6.07) is 17.6. The monoisotopic (exact) mass is 402 g/mol. The van der Waals surface area contributed by atoms with Crippen LogP contribution in [0.15, 0.2) is 63.5 Å². The lowest BCUT2D eigenvalue weighted by molar-refractivity contribution is -0.123. The molecule has 0 unspecified atom stereocenters.